The molecule has 21 heavy (non-hydrogen) atoms. The highest BCUT2D eigenvalue weighted by Gasteiger charge is 2.38. The number of sulfone groups is 1. The molecule has 0 bridgehead atoms. The number of nitrogen functional groups attached to an aromatic ring is 2. The van der Waals surface area contributed by atoms with Gasteiger partial charge in [0.2, 0.25) is 9.84 Å². The van der Waals surface area contributed by atoms with Crippen LogP contribution in [0.3, 0.4) is 0 Å². The molecule has 0 saturated heterocycles. The van der Waals surface area contributed by atoms with Crippen molar-refractivity contribution >= 4 is 21.2 Å². The highest BCUT2D eigenvalue weighted by Crippen LogP contribution is 2.51. The van der Waals surface area contributed by atoms with E-state index < -0.39 is 9.84 Å². The van der Waals surface area contributed by atoms with Crippen molar-refractivity contribution in [2.75, 3.05) is 11.5 Å². The topological polar surface area (TPSA) is 86.2 Å². The second-order valence-corrected chi connectivity index (χ2v) is 7.05. The van der Waals surface area contributed by atoms with Gasteiger partial charge in [-0.05, 0) is 30.0 Å². The Bertz CT molecular complexity index is 855. The van der Waals surface area contributed by atoms with Crippen LogP contribution in [0.2, 0.25) is 0 Å². The van der Waals surface area contributed by atoms with Gasteiger partial charge in [-0.25, -0.2) is 8.42 Å². The number of anilines is 2. The molecule has 3 rings (SSSR count). The molecular formula is C16H18N2O2S. The summed E-state index contributed by atoms with van der Waals surface area (Å²) < 4.78 is 25.8. The van der Waals surface area contributed by atoms with E-state index in [1.165, 1.54) is 0 Å². The predicted molar refractivity (Wildman–Crippen MR) is 84.9 cm³/mol. The number of benzene rings is 2. The van der Waals surface area contributed by atoms with Crippen molar-refractivity contribution in [3.05, 3.63) is 35.4 Å². The zero-order valence-corrected chi connectivity index (χ0v) is 12.9. The van der Waals surface area contributed by atoms with Gasteiger partial charge >= 0.3 is 0 Å². The largest absolute Gasteiger partial charge is 0.397 e. The molecule has 0 radical (unpaired) electrons. The molecule has 0 unspecified atom stereocenters. The SMILES string of the molecule is CCc1c(N)c(N)c2c(c1CC)S(=O)(=O)c1ccccc1-2. The summed E-state index contributed by atoms with van der Waals surface area (Å²) in [5, 5.41) is 0. The van der Waals surface area contributed by atoms with Crippen LogP contribution in [0.1, 0.15) is 25.0 Å². The van der Waals surface area contributed by atoms with Crippen LogP contribution in [0.25, 0.3) is 11.1 Å². The number of rotatable bonds is 2. The van der Waals surface area contributed by atoms with Crippen LogP contribution in [0.5, 0.6) is 0 Å². The van der Waals surface area contributed by atoms with Crippen LogP contribution < -0.4 is 11.5 Å². The summed E-state index contributed by atoms with van der Waals surface area (Å²) in [4.78, 5) is 0.684. The number of hydrogen-bond acceptors (Lipinski definition) is 4. The summed E-state index contributed by atoms with van der Waals surface area (Å²) in [6.07, 6.45) is 1.28. The van der Waals surface area contributed by atoms with Gasteiger partial charge in [-0.2, -0.15) is 0 Å². The molecule has 1 heterocycles. The van der Waals surface area contributed by atoms with Gasteiger partial charge in [0, 0.05) is 11.1 Å². The molecule has 4 nitrogen and oxygen atoms in total. The Morgan fingerprint density at radius 2 is 1.57 bits per heavy atom. The maximum absolute atomic E-state index is 12.9. The molecule has 0 fully saturated rings. The molecular weight excluding hydrogens is 284 g/mol. The molecule has 2 aromatic carbocycles. The van der Waals surface area contributed by atoms with Crippen molar-refractivity contribution in [1.29, 1.82) is 0 Å². The zero-order chi connectivity index (χ0) is 15.4. The second kappa shape index (κ2) is 4.49. The minimum Gasteiger partial charge on any atom is -0.397 e. The van der Waals surface area contributed by atoms with Crippen LogP contribution in [-0.2, 0) is 22.7 Å². The summed E-state index contributed by atoms with van der Waals surface area (Å²) in [6.45, 7) is 3.91. The molecule has 1 aliphatic heterocycles. The van der Waals surface area contributed by atoms with Gasteiger partial charge in [-0.15, -0.1) is 0 Å². The van der Waals surface area contributed by atoms with Crippen LogP contribution in [0, 0.1) is 0 Å². The molecule has 1 aliphatic rings. The van der Waals surface area contributed by atoms with Gasteiger partial charge in [0.25, 0.3) is 0 Å². The smallest absolute Gasteiger partial charge is 0.208 e. The third-order valence-electron chi connectivity index (χ3n) is 4.17. The summed E-state index contributed by atoms with van der Waals surface area (Å²) in [5.74, 6) is 0. The standard InChI is InChI=1S/C16H18N2O2S/c1-3-9-10(4-2)16-13(15(18)14(9)17)11-7-5-6-8-12(11)21(16,19)20/h5-8H,3-4,17-18H2,1-2H3. The van der Waals surface area contributed by atoms with E-state index in [1.54, 1.807) is 18.2 Å². The molecule has 110 valence electrons. The van der Waals surface area contributed by atoms with Gasteiger partial charge in [0.15, 0.2) is 0 Å². The molecule has 0 atom stereocenters. The van der Waals surface area contributed by atoms with Crippen molar-refractivity contribution < 1.29 is 8.42 Å². The monoisotopic (exact) mass is 302 g/mol. The Kier molecular flexibility index (Phi) is 2.99. The lowest BCUT2D eigenvalue weighted by molar-refractivity contribution is 0.597. The molecule has 0 aliphatic carbocycles. The zero-order valence-electron chi connectivity index (χ0n) is 12.1. The van der Waals surface area contributed by atoms with Crippen molar-refractivity contribution in [3.8, 4) is 11.1 Å². The van der Waals surface area contributed by atoms with E-state index in [0.29, 0.717) is 45.1 Å². The second-order valence-electron chi connectivity index (χ2n) is 5.20. The highest BCUT2D eigenvalue weighted by atomic mass is 32.2. The van der Waals surface area contributed by atoms with Gasteiger partial charge in [0.1, 0.15) is 0 Å². The van der Waals surface area contributed by atoms with Gasteiger partial charge in [-0.1, -0.05) is 32.0 Å². The molecule has 0 aromatic heterocycles. The average molecular weight is 302 g/mol. The Morgan fingerprint density at radius 3 is 2.19 bits per heavy atom. The van der Waals surface area contributed by atoms with Crippen molar-refractivity contribution in [2.24, 2.45) is 0 Å². The lowest BCUT2D eigenvalue weighted by atomic mass is 9.93. The minimum atomic E-state index is -3.52. The van der Waals surface area contributed by atoms with E-state index in [0.717, 1.165) is 11.1 Å². The third kappa shape index (κ3) is 1.64. The van der Waals surface area contributed by atoms with Gasteiger partial charge in [-0.3, -0.25) is 0 Å². The first-order valence-electron chi connectivity index (χ1n) is 7.02. The summed E-state index contributed by atoms with van der Waals surface area (Å²) in [7, 11) is -3.52. The van der Waals surface area contributed by atoms with Gasteiger partial charge in [0.05, 0.1) is 21.2 Å². The molecule has 0 spiro atoms. The summed E-state index contributed by atoms with van der Waals surface area (Å²) >= 11 is 0. The summed E-state index contributed by atoms with van der Waals surface area (Å²) in [5.41, 5.74) is 16.1. The fourth-order valence-electron chi connectivity index (χ4n) is 3.23. The van der Waals surface area contributed by atoms with E-state index in [9.17, 15) is 8.42 Å². The first-order valence-corrected chi connectivity index (χ1v) is 8.50. The average Bonchev–Trinajstić information content (AvgIpc) is 2.71. The van der Waals surface area contributed by atoms with Crippen LogP contribution in [0.4, 0.5) is 11.4 Å². The third-order valence-corrected chi connectivity index (χ3v) is 6.09. The predicted octanol–water partition coefficient (Wildman–Crippen LogP) is 2.79. The Balaban J connectivity index is 2.57. The van der Waals surface area contributed by atoms with Crippen molar-refractivity contribution in [3.63, 3.8) is 0 Å². The lowest BCUT2D eigenvalue weighted by Crippen LogP contribution is -2.09. The molecule has 0 amide bonds. The van der Waals surface area contributed by atoms with Crippen molar-refractivity contribution in [1.82, 2.24) is 0 Å². The molecule has 2 aromatic rings. The van der Waals surface area contributed by atoms with Crippen LogP contribution in [-0.4, -0.2) is 8.42 Å². The van der Waals surface area contributed by atoms with Crippen LogP contribution >= 0.6 is 0 Å². The quantitative estimate of drug-likeness (QED) is 0.713. The molecule has 5 heteroatoms. The van der Waals surface area contributed by atoms with Gasteiger partial charge < -0.3 is 11.5 Å². The summed E-state index contributed by atoms with van der Waals surface area (Å²) in [6, 6.07) is 6.97. The van der Waals surface area contributed by atoms with E-state index in [2.05, 4.69) is 0 Å². The number of fused-ring (bicyclic) bond motifs is 3. The number of hydrogen-bond donors (Lipinski definition) is 2. The Hall–Kier alpha value is -2.01. The molecule has 4 N–H and O–H groups in total. The Labute approximate surface area is 124 Å². The first kappa shape index (κ1) is 13.9. The van der Waals surface area contributed by atoms with Crippen molar-refractivity contribution in [2.45, 2.75) is 36.5 Å². The molecule has 0 saturated carbocycles. The highest BCUT2D eigenvalue weighted by molar-refractivity contribution is 7.92. The minimum absolute atomic E-state index is 0.328. The Morgan fingerprint density at radius 1 is 0.952 bits per heavy atom. The lowest BCUT2D eigenvalue weighted by Gasteiger charge is -2.17. The van der Waals surface area contributed by atoms with E-state index in [1.807, 2.05) is 19.9 Å². The van der Waals surface area contributed by atoms with E-state index in [4.69, 9.17) is 11.5 Å². The van der Waals surface area contributed by atoms with E-state index >= 15 is 0 Å². The fourth-order valence-corrected chi connectivity index (χ4v) is 5.25. The van der Waals surface area contributed by atoms with E-state index in [-0.39, 0.29) is 0 Å². The number of nitrogens with two attached hydrogens (primary N) is 2. The maximum atomic E-state index is 12.9. The fraction of sp³-hybridized carbons (Fsp3) is 0.250. The normalized spacial score (nSPS) is 14.8. The van der Waals surface area contributed by atoms with Crippen LogP contribution in [0.15, 0.2) is 34.1 Å². The first-order chi connectivity index (χ1) is 9.95. The maximum Gasteiger partial charge on any atom is 0.208 e.